The van der Waals surface area contributed by atoms with Crippen molar-refractivity contribution in [3.8, 4) is 0 Å². The average molecular weight is 155 g/mol. The van der Waals surface area contributed by atoms with E-state index in [1.807, 2.05) is 6.92 Å². The molecule has 0 aliphatic heterocycles. The van der Waals surface area contributed by atoms with E-state index >= 15 is 0 Å². The van der Waals surface area contributed by atoms with E-state index < -0.39 is 0 Å². The Kier molecular flexibility index (Phi) is 5.53. The molecule has 0 amide bonds. The number of ketones is 1. The van der Waals surface area contributed by atoms with Gasteiger partial charge in [0.25, 0.3) is 0 Å². The third kappa shape index (κ3) is 5.64. The predicted molar refractivity (Wildman–Crippen MR) is 47.3 cm³/mol. The molecule has 0 heterocycles. The SMILES string of the molecule is CCCN/C(=C\C(C)=O)CC. The second-order valence-corrected chi connectivity index (χ2v) is 2.56. The predicted octanol–water partition coefficient (Wildman–Crippen LogP) is 1.87. The molecule has 0 saturated heterocycles. The summed E-state index contributed by atoms with van der Waals surface area (Å²) in [6.45, 7) is 6.67. The minimum atomic E-state index is 0.116. The van der Waals surface area contributed by atoms with Crippen molar-refractivity contribution in [2.45, 2.75) is 33.6 Å². The Bertz CT molecular complexity index is 150. The number of carbonyl (C=O) groups excluding carboxylic acids is 1. The molecule has 0 fully saturated rings. The van der Waals surface area contributed by atoms with E-state index in [0.717, 1.165) is 25.1 Å². The van der Waals surface area contributed by atoms with Crippen LogP contribution in [0.1, 0.15) is 33.6 Å². The maximum absolute atomic E-state index is 10.7. The molecule has 0 rings (SSSR count). The highest BCUT2D eigenvalue weighted by Crippen LogP contribution is 1.95. The fourth-order valence-electron chi connectivity index (χ4n) is 0.809. The third-order valence-electron chi connectivity index (χ3n) is 1.36. The molecule has 11 heavy (non-hydrogen) atoms. The molecule has 0 spiro atoms. The molecule has 0 aliphatic carbocycles. The van der Waals surface area contributed by atoms with E-state index in [1.54, 1.807) is 13.0 Å². The summed E-state index contributed by atoms with van der Waals surface area (Å²) < 4.78 is 0. The van der Waals surface area contributed by atoms with Crippen molar-refractivity contribution in [3.05, 3.63) is 11.8 Å². The molecule has 0 aromatic heterocycles. The lowest BCUT2D eigenvalue weighted by Gasteiger charge is -2.05. The molecule has 0 bridgehead atoms. The van der Waals surface area contributed by atoms with E-state index in [9.17, 15) is 4.79 Å². The van der Waals surface area contributed by atoms with E-state index in [-0.39, 0.29) is 5.78 Å². The molecule has 0 unspecified atom stereocenters. The number of allylic oxidation sites excluding steroid dienone is 2. The molecule has 0 aromatic carbocycles. The minimum Gasteiger partial charge on any atom is -0.388 e. The van der Waals surface area contributed by atoms with Crippen LogP contribution in [0.3, 0.4) is 0 Å². The summed E-state index contributed by atoms with van der Waals surface area (Å²) in [5.41, 5.74) is 1.04. The summed E-state index contributed by atoms with van der Waals surface area (Å²) in [6.07, 6.45) is 3.66. The lowest BCUT2D eigenvalue weighted by molar-refractivity contribution is -0.112. The molecule has 0 aliphatic rings. The van der Waals surface area contributed by atoms with Crippen LogP contribution in [0.4, 0.5) is 0 Å². The number of carbonyl (C=O) groups is 1. The lowest BCUT2D eigenvalue weighted by atomic mass is 10.2. The molecule has 0 aromatic rings. The van der Waals surface area contributed by atoms with E-state index in [0.29, 0.717) is 0 Å². The van der Waals surface area contributed by atoms with E-state index in [4.69, 9.17) is 0 Å². The Hall–Kier alpha value is -0.790. The highest BCUT2D eigenvalue weighted by Gasteiger charge is 1.93. The molecule has 64 valence electrons. The largest absolute Gasteiger partial charge is 0.388 e. The Balaban J connectivity index is 3.84. The Morgan fingerprint density at radius 3 is 2.45 bits per heavy atom. The van der Waals surface area contributed by atoms with Crippen LogP contribution in [-0.4, -0.2) is 12.3 Å². The molecule has 2 heteroatoms. The molecule has 0 radical (unpaired) electrons. The summed E-state index contributed by atoms with van der Waals surface area (Å²) in [4.78, 5) is 10.7. The van der Waals surface area contributed by atoms with Gasteiger partial charge in [0.15, 0.2) is 5.78 Å². The molecular weight excluding hydrogens is 138 g/mol. The normalized spacial score (nSPS) is 11.4. The maximum Gasteiger partial charge on any atom is 0.154 e. The smallest absolute Gasteiger partial charge is 0.154 e. The van der Waals surface area contributed by atoms with Crippen molar-refractivity contribution in [2.75, 3.05) is 6.54 Å². The van der Waals surface area contributed by atoms with Crippen molar-refractivity contribution in [2.24, 2.45) is 0 Å². The standard InChI is InChI=1S/C9H17NO/c1-4-6-10-9(5-2)7-8(3)11/h7,10H,4-6H2,1-3H3/b9-7-. The molecular formula is C9H17NO. The fraction of sp³-hybridized carbons (Fsp3) is 0.667. The molecule has 0 atom stereocenters. The first kappa shape index (κ1) is 10.2. The van der Waals surface area contributed by atoms with Crippen LogP contribution in [0, 0.1) is 0 Å². The average Bonchev–Trinajstić information content (AvgIpc) is 1.97. The van der Waals surface area contributed by atoms with Gasteiger partial charge in [-0.2, -0.15) is 0 Å². The summed E-state index contributed by atoms with van der Waals surface area (Å²) in [6, 6.07) is 0. The van der Waals surface area contributed by atoms with Crippen LogP contribution in [-0.2, 0) is 4.79 Å². The third-order valence-corrected chi connectivity index (χ3v) is 1.36. The molecule has 1 N–H and O–H groups in total. The highest BCUT2D eigenvalue weighted by molar-refractivity contribution is 5.87. The van der Waals surface area contributed by atoms with Crippen LogP contribution in [0.25, 0.3) is 0 Å². The zero-order chi connectivity index (χ0) is 8.69. The van der Waals surface area contributed by atoms with E-state index in [2.05, 4.69) is 12.2 Å². The number of hydrogen-bond acceptors (Lipinski definition) is 2. The highest BCUT2D eigenvalue weighted by atomic mass is 16.1. The lowest BCUT2D eigenvalue weighted by Crippen LogP contribution is -2.14. The van der Waals surface area contributed by atoms with Gasteiger partial charge in [0, 0.05) is 12.2 Å². The van der Waals surface area contributed by atoms with Gasteiger partial charge in [-0.15, -0.1) is 0 Å². The maximum atomic E-state index is 10.7. The second kappa shape index (κ2) is 5.96. The monoisotopic (exact) mass is 155 g/mol. The van der Waals surface area contributed by atoms with Crippen molar-refractivity contribution >= 4 is 5.78 Å². The van der Waals surface area contributed by atoms with Gasteiger partial charge in [-0.05, 0) is 25.8 Å². The fourth-order valence-corrected chi connectivity index (χ4v) is 0.809. The van der Waals surface area contributed by atoms with Crippen LogP contribution < -0.4 is 5.32 Å². The van der Waals surface area contributed by atoms with Gasteiger partial charge < -0.3 is 5.32 Å². The Labute approximate surface area is 68.7 Å². The number of rotatable bonds is 5. The zero-order valence-corrected chi connectivity index (χ0v) is 7.61. The van der Waals surface area contributed by atoms with Gasteiger partial charge in [0.05, 0.1) is 0 Å². The van der Waals surface area contributed by atoms with Gasteiger partial charge in [-0.3, -0.25) is 4.79 Å². The Morgan fingerprint density at radius 1 is 1.45 bits per heavy atom. The number of nitrogens with one attached hydrogen (secondary N) is 1. The van der Waals surface area contributed by atoms with Crippen molar-refractivity contribution in [1.29, 1.82) is 0 Å². The van der Waals surface area contributed by atoms with Crippen LogP contribution in [0.2, 0.25) is 0 Å². The van der Waals surface area contributed by atoms with Crippen LogP contribution in [0.15, 0.2) is 11.8 Å². The summed E-state index contributed by atoms with van der Waals surface area (Å²) in [7, 11) is 0. The minimum absolute atomic E-state index is 0.116. The van der Waals surface area contributed by atoms with Crippen molar-refractivity contribution in [3.63, 3.8) is 0 Å². The Morgan fingerprint density at radius 2 is 2.09 bits per heavy atom. The van der Waals surface area contributed by atoms with Gasteiger partial charge in [0.1, 0.15) is 0 Å². The van der Waals surface area contributed by atoms with E-state index in [1.165, 1.54) is 0 Å². The first-order valence-corrected chi connectivity index (χ1v) is 4.15. The van der Waals surface area contributed by atoms with Gasteiger partial charge >= 0.3 is 0 Å². The second-order valence-electron chi connectivity index (χ2n) is 2.56. The first-order valence-electron chi connectivity index (χ1n) is 4.15. The summed E-state index contributed by atoms with van der Waals surface area (Å²) >= 11 is 0. The van der Waals surface area contributed by atoms with Gasteiger partial charge in [-0.1, -0.05) is 13.8 Å². The summed E-state index contributed by atoms with van der Waals surface area (Å²) in [5, 5.41) is 3.19. The van der Waals surface area contributed by atoms with Gasteiger partial charge in [0.2, 0.25) is 0 Å². The van der Waals surface area contributed by atoms with Crippen molar-refractivity contribution in [1.82, 2.24) is 5.32 Å². The first-order chi connectivity index (χ1) is 5.20. The van der Waals surface area contributed by atoms with Crippen LogP contribution >= 0.6 is 0 Å². The van der Waals surface area contributed by atoms with Gasteiger partial charge in [-0.25, -0.2) is 0 Å². The molecule has 0 saturated carbocycles. The van der Waals surface area contributed by atoms with Crippen LogP contribution in [0.5, 0.6) is 0 Å². The summed E-state index contributed by atoms with van der Waals surface area (Å²) in [5.74, 6) is 0.116. The topological polar surface area (TPSA) is 29.1 Å². The quantitative estimate of drug-likeness (QED) is 0.614. The van der Waals surface area contributed by atoms with Crippen molar-refractivity contribution < 1.29 is 4.79 Å². The number of hydrogen-bond donors (Lipinski definition) is 1. The molecule has 2 nitrogen and oxygen atoms in total. The zero-order valence-electron chi connectivity index (χ0n) is 7.61.